The number of carbonyl (C=O) groups is 2. The van der Waals surface area contributed by atoms with E-state index in [1.54, 1.807) is 19.9 Å². The standard InChI is InChI=1S/C8H7BrFNO2.C8H9BrN2O2/c2*1-2-13-8(12)6-5(9)3-4-11-7(6)10/h3-4H,2H2,1H3;3-4H,2H2,1H3,(H2,10,11). The number of hydrogen-bond acceptors (Lipinski definition) is 7. The number of rotatable bonds is 4. The Morgan fingerprint density at radius 1 is 1.00 bits per heavy atom. The molecule has 0 amide bonds. The van der Waals surface area contributed by atoms with Crippen molar-refractivity contribution < 1.29 is 23.5 Å². The number of aromatic nitrogens is 2. The largest absolute Gasteiger partial charge is 0.462 e. The fourth-order valence-corrected chi connectivity index (χ4v) is 2.59. The van der Waals surface area contributed by atoms with Gasteiger partial charge < -0.3 is 15.2 Å². The second kappa shape index (κ2) is 10.8. The van der Waals surface area contributed by atoms with E-state index in [1.807, 2.05) is 0 Å². The molecule has 2 aromatic heterocycles. The van der Waals surface area contributed by atoms with Gasteiger partial charge in [-0.15, -0.1) is 0 Å². The molecule has 0 atom stereocenters. The molecule has 2 N–H and O–H groups in total. The molecular formula is C16H16Br2FN3O4. The van der Waals surface area contributed by atoms with Gasteiger partial charge in [0, 0.05) is 21.3 Å². The van der Waals surface area contributed by atoms with Crippen LogP contribution in [0, 0.1) is 5.95 Å². The average molecular weight is 493 g/mol. The van der Waals surface area contributed by atoms with Gasteiger partial charge in [0.05, 0.1) is 13.2 Å². The number of hydrogen-bond donors (Lipinski definition) is 1. The van der Waals surface area contributed by atoms with E-state index in [2.05, 4.69) is 46.6 Å². The maximum absolute atomic E-state index is 13.0. The van der Waals surface area contributed by atoms with Gasteiger partial charge in [-0.1, -0.05) is 0 Å². The Kier molecular flexibility index (Phi) is 9.14. The number of nitrogen functional groups attached to an aromatic ring is 1. The maximum atomic E-state index is 13.0. The molecule has 26 heavy (non-hydrogen) atoms. The minimum atomic E-state index is -0.826. The fraction of sp³-hybridized carbons (Fsp3) is 0.250. The van der Waals surface area contributed by atoms with Crippen LogP contribution in [-0.2, 0) is 9.47 Å². The first-order chi connectivity index (χ1) is 12.3. The van der Waals surface area contributed by atoms with Crippen LogP contribution in [0.1, 0.15) is 34.6 Å². The van der Waals surface area contributed by atoms with Gasteiger partial charge >= 0.3 is 11.9 Å². The van der Waals surface area contributed by atoms with Gasteiger partial charge in [0.2, 0.25) is 5.95 Å². The van der Waals surface area contributed by atoms with Crippen molar-refractivity contribution in [3.63, 3.8) is 0 Å². The lowest BCUT2D eigenvalue weighted by Crippen LogP contribution is -2.09. The first-order valence-corrected chi connectivity index (χ1v) is 8.96. The zero-order valence-electron chi connectivity index (χ0n) is 14.0. The Morgan fingerprint density at radius 3 is 1.92 bits per heavy atom. The average Bonchev–Trinajstić information content (AvgIpc) is 2.55. The summed E-state index contributed by atoms with van der Waals surface area (Å²) in [5.74, 6) is -1.82. The highest BCUT2D eigenvalue weighted by Crippen LogP contribution is 2.21. The van der Waals surface area contributed by atoms with E-state index in [-0.39, 0.29) is 23.6 Å². The van der Waals surface area contributed by atoms with E-state index < -0.39 is 17.9 Å². The highest BCUT2D eigenvalue weighted by atomic mass is 79.9. The fourth-order valence-electron chi connectivity index (χ4n) is 1.66. The molecule has 0 aliphatic rings. The van der Waals surface area contributed by atoms with Crippen LogP contribution in [0.2, 0.25) is 0 Å². The SMILES string of the molecule is CCOC(=O)c1c(Br)ccnc1F.CCOC(=O)c1c(Br)ccnc1N. The molecule has 0 fully saturated rings. The van der Waals surface area contributed by atoms with Crippen LogP contribution in [0.25, 0.3) is 0 Å². The number of carbonyl (C=O) groups excluding carboxylic acids is 2. The van der Waals surface area contributed by atoms with Crippen LogP contribution in [0.4, 0.5) is 10.2 Å². The van der Waals surface area contributed by atoms with Crippen molar-refractivity contribution in [2.75, 3.05) is 18.9 Å². The molecule has 140 valence electrons. The Labute approximate surface area is 166 Å². The number of nitrogens with zero attached hydrogens (tertiary/aromatic N) is 2. The third-order valence-electron chi connectivity index (χ3n) is 2.74. The summed E-state index contributed by atoms with van der Waals surface area (Å²) in [7, 11) is 0. The van der Waals surface area contributed by atoms with E-state index in [4.69, 9.17) is 10.5 Å². The quantitative estimate of drug-likeness (QED) is 0.511. The van der Waals surface area contributed by atoms with Crippen molar-refractivity contribution in [1.82, 2.24) is 9.97 Å². The minimum Gasteiger partial charge on any atom is -0.462 e. The summed E-state index contributed by atoms with van der Waals surface area (Å²) < 4.78 is 23.4. The van der Waals surface area contributed by atoms with Crippen LogP contribution in [-0.4, -0.2) is 35.1 Å². The zero-order valence-corrected chi connectivity index (χ0v) is 17.1. The van der Waals surface area contributed by atoms with Gasteiger partial charge in [0.1, 0.15) is 16.9 Å². The molecular weight excluding hydrogens is 477 g/mol. The molecule has 0 saturated carbocycles. The second-order valence-corrected chi connectivity index (χ2v) is 6.16. The van der Waals surface area contributed by atoms with Gasteiger partial charge in [-0.2, -0.15) is 4.39 Å². The molecule has 0 aliphatic heterocycles. The molecule has 0 radical (unpaired) electrons. The highest BCUT2D eigenvalue weighted by Gasteiger charge is 2.17. The van der Waals surface area contributed by atoms with E-state index in [9.17, 15) is 14.0 Å². The molecule has 0 unspecified atom stereocenters. The summed E-state index contributed by atoms with van der Waals surface area (Å²) in [4.78, 5) is 29.6. The van der Waals surface area contributed by atoms with E-state index >= 15 is 0 Å². The van der Waals surface area contributed by atoms with E-state index in [0.29, 0.717) is 15.6 Å². The third kappa shape index (κ3) is 6.03. The van der Waals surface area contributed by atoms with Crippen molar-refractivity contribution in [3.05, 3.63) is 50.5 Å². The highest BCUT2D eigenvalue weighted by molar-refractivity contribution is 9.10. The molecule has 10 heteroatoms. The lowest BCUT2D eigenvalue weighted by molar-refractivity contribution is 0.0512. The third-order valence-corrected chi connectivity index (χ3v) is 4.06. The summed E-state index contributed by atoms with van der Waals surface area (Å²) in [5.41, 5.74) is 5.63. The molecule has 0 spiro atoms. The number of esters is 2. The normalized spacial score (nSPS) is 9.73. The predicted octanol–water partition coefficient (Wildman–Crippen LogP) is 3.76. The summed E-state index contributed by atoms with van der Waals surface area (Å²) in [5, 5.41) is 0. The molecule has 2 heterocycles. The first-order valence-electron chi connectivity index (χ1n) is 7.37. The summed E-state index contributed by atoms with van der Waals surface area (Å²) in [6.45, 7) is 3.91. The van der Waals surface area contributed by atoms with Crippen LogP contribution in [0.5, 0.6) is 0 Å². The summed E-state index contributed by atoms with van der Waals surface area (Å²) >= 11 is 6.23. The van der Waals surface area contributed by atoms with Gasteiger partial charge in [-0.3, -0.25) is 0 Å². The molecule has 0 saturated heterocycles. The molecule has 0 aromatic carbocycles. The number of ether oxygens (including phenoxy) is 2. The van der Waals surface area contributed by atoms with Crippen LogP contribution in [0.3, 0.4) is 0 Å². The van der Waals surface area contributed by atoms with Gasteiger partial charge in [0.15, 0.2) is 0 Å². The zero-order chi connectivity index (χ0) is 19.7. The lowest BCUT2D eigenvalue weighted by Gasteiger charge is -2.05. The van der Waals surface area contributed by atoms with Crippen molar-refractivity contribution in [3.8, 4) is 0 Å². The van der Waals surface area contributed by atoms with Crippen LogP contribution < -0.4 is 5.73 Å². The van der Waals surface area contributed by atoms with Crippen molar-refractivity contribution in [2.24, 2.45) is 0 Å². The minimum absolute atomic E-state index is 0.163. The molecule has 7 nitrogen and oxygen atoms in total. The predicted molar refractivity (Wildman–Crippen MR) is 100 cm³/mol. The van der Waals surface area contributed by atoms with E-state index in [1.165, 1.54) is 18.5 Å². The molecule has 2 rings (SSSR count). The van der Waals surface area contributed by atoms with Gasteiger partial charge in [0.25, 0.3) is 0 Å². The maximum Gasteiger partial charge on any atom is 0.343 e. The molecule has 0 aliphatic carbocycles. The Balaban J connectivity index is 0.000000260. The summed E-state index contributed by atoms with van der Waals surface area (Å²) in [6.07, 6.45) is 2.78. The van der Waals surface area contributed by atoms with Crippen molar-refractivity contribution >= 4 is 49.6 Å². The van der Waals surface area contributed by atoms with E-state index in [0.717, 1.165) is 0 Å². The topological polar surface area (TPSA) is 104 Å². The Hall–Kier alpha value is -2.07. The van der Waals surface area contributed by atoms with Crippen LogP contribution >= 0.6 is 31.9 Å². The monoisotopic (exact) mass is 491 g/mol. The lowest BCUT2D eigenvalue weighted by atomic mass is 10.2. The Bertz CT molecular complexity index is 684. The number of nitrogens with two attached hydrogens (primary N) is 1. The van der Waals surface area contributed by atoms with Crippen molar-refractivity contribution in [1.29, 1.82) is 0 Å². The van der Waals surface area contributed by atoms with Gasteiger partial charge in [-0.25, -0.2) is 19.6 Å². The second-order valence-electron chi connectivity index (χ2n) is 4.45. The van der Waals surface area contributed by atoms with Crippen molar-refractivity contribution in [2.45, 2.75) is 13.8 Å². The number of anilines is 1. The molecule has 0 bridgehead atoms. The number of pyridine rings is 2. The summed E-state index contributed by atoms with van der Waals surface area (Å²) in [6, 6.07) is 3.12. The van der Waals surface area contributed by atoms with Crippen LogP contribution in [0.15, 0.2) is 33.5 Å². The number of halogens is 3. The van der Waals surface area contributed by atoms with Gasteiger partial charge in [-0.05, 0) is 57.8 Å². The first kappa shape index (κ1) is 22.0. The molecule has 2 aromatic rings. The Morgan fingerprint density at radius 2 is 1.46 bits per heavy atom. The smallest absolute Gasteiger partial charge is 0.343 e.